The van der Waals surface area contributed by atoms with Gasteiger partial charge in [-0.15, -0.1) is 0 Å². The van der Waals surface area contributed by atoms with Crippen LogP contribution in [0.15, 0.2) is 44.0 Å². The van der Waals surface area contributed by atoms with E-state index in [0.29, 0.717) is 0 Å². The molecule has 2 aromatic heterocycles. The molecule has 0 fully saturated rings. The van der Waals surface area contributed by atoms with E-state index in [1.54, 1.807) is 12.5 Å². The van der Waals surface area contributed by atoms with Gasteiger partial charge in [0.2, 0.25) is 0 Å². The first-order valence-electron chi connectivity index (χ1n) is 3.62. The van der Waals surface area contributed by atoms with Crippen LogP contribution in [-0.4, -0.2) is 4.98 Å². The predicted molar refractivity (Wildman–Crippen MR) is 57.3 cm³/mol. The molecule has 2 aromatic rings. The van der Waals surface area contributed by atoms with Crippen molar-refractivity contribution < 1.29 is 4.42 Å². The fourth-order valence-corrected chi connectivity index (χ4v) is 2.19. The topological polar surface area (TPSA) is 26.0 Å². The lowest BCUT2D eigenvalue weighted by Crippen LogP contribution is -1.82. The lowest BCUT2D eigenvalue weighted by molar-refractivity contribution is 0.579. The van der Waals surface area contributed by atoms with E-state index in [4.69, 9.17) is 4.42 Å². The van der Waals surface area contributed by atoms with Crippen molar-refractivity contribution >= 4 is 31.9 Å². The van der Waals surface area contributed by atoms with E-state index in [1.165, 1.54) is 0 Å². The Bertz CT molecular complexity index is 412. The van der Waals surface area contributed by atoms with E-state index < -0.39 is 0 Å². The van der Waals surface area contributed by atoms with Crippen LogP contribution < -0.4 is 0 Å². The molecule has 0 aliphatic rings. The van der Waals surface area contributed by atoms with Crippen molar-refractivity contribution in [1.82, 2.24) is 4.98 Å². The lowest BCUT2D eigenvalue weighted by Gasteiger charge is -1.99. The van der Waals surface area contributed by atoms with Crippen LogP contribution in [-0.2, 0) is 0 Å². The standard InChI is InChI=1S/C9H5Br2NO/c10-6-4-7(11)9(12-5-6)8-2-1-3-13-8/h1-5H. The molecule has 0 aromatic carbocycles. The van der Waals surface area contributed by atoms with Gasteiger partial charge in [0.25, 0.3) is 0 Å². The molecule has 4 heteroatoms. The average molecular weight is 303 g/mol. The van der Waals surface area contributed by atoms with Crippen molar-refractivity contribution in [2.45, 2.75) is 0 Å². The van der Waals surface area contributed by atoms with Gasteiger partial charge in [-0.05, 0) is 50.1 Å². The highest BCUT2D eigenvalue weighted by atomic mass is 79.9. The van der Waals surface area contributed by atoms with E-state index in [0.717, 1.165) is 20.4 Å². The third-order valence-corrected chi connectivity index (χ3v) is 2.60. The maximum Gasteiger partial charge on any atom is 0.153 e. The zero-order chi connectivity index (χ0) is 9.26. The monoisotopic (exact) mass is 301 g/mol. The Hall–Kier alpha value is -0.610. The highest BCUT2D eigenvalue weighted by molar-refractivity contribution is 9.11. The molecule has 13 heavy (non-hydrogen) atoms. The Labute approximate surface area is 92.2 Å². The number of nitrogens with zero attached hydrogens (tertiary/aromatic N) is 1. The third kappa shape index (κ3) is 1.84. The molecule has 0 spiro atoms. The SMILES string of the molecule is Brc1cnc(-c2ccco2)c(Br)c1. The zero-order valence-corrected chi connectivity index (χ0v) is 9.67. The lowest BCUT2D eigenvalue weighted by atomic mass is 10.3. The zero-order valence-electron chi connectivity index (χ0n) is 6.50. The molecule has 0 aliphatic heterocycles. The molecule has 0 aliphatic carbocycles. The van der Waals surface area contributed by atoms with Gasteiger partial charge < -0.3 is 4.42 Å². The average Bonchev–Trinajstić information content (AvgIpc) is 2.56. The number of rotatable bonds is 1. The maximum atomic E-state index is 5.23. The van der Waals surface area contributed by atoms with Crippen molar-refractivity contribution in [2.24, 2.45) is 0 Å². The molecule has 2 rings (SSSR count). The summed E-state index contributed by atoms with van der Waals surface area (Å²) in [6, 6.07) is 5.65. The Balaban J connectivity index is 2.53. The number of hydrogen-bond donors (Lipinski definition) is 0. The van der Waals surface area contributed by atoms with Crippen molar-refractivity contribution in [2.75, 3.05) is 0 Å². The smallest absolute Gasteiger partial charge is 0.153 e. The summed E-state index contributed by atoms with van der Waals surface area (Å²) in [5, 5.41) is 0. The molecule has 0 amide bonds. The predicted octanol–water partition coefficient (Wildman–Crippen LogP) is 3.87. The fraction of sp³-hybridized carbons (Fsp3) is 0. The molecule has 0 radical (unpaired) electrons. The van der Waals surface area contributed by atoms with E-state index in [-0.39, 0.29) is 0 Å². The summed E-state index contributed by atoms with van der Waals surface area (Å²) in [5.41, 5.74) is 0.813. The molecule has 2 nitrogen and oxygen atoms in total. The van der Waals surface area contributed by atoms with E-state index in [1.807, 2.05) is 18.2 Å². The molecule has 0 unspecified atom stereocenters. The van der Waals surface area contributed by atoms with Gasteiger partial charge in [-0.25, -0.2) is 0 Å². The summed E-state index contributed by atoms with van der Waals surface area (Å²) >= 11 is 6.75. The molecule has 2 heterocycles. The van der Waals surface area contributed by atoms with Crippen LogP contribution in [0.5, 0.6) is 0 Å². The first-order chi connectivity index (χ1) is 6.27. The highest BCUT2D eigenvalue weighted by Crippen LogP contribution is 2.28. The molecule has 0 saturated carbocycles. The minimum absolute atomic E-state index is 0.763. The summed E-state index contributed by atoms with van der Waals surface area (Å²) < 4.78 is 7.09. The van der Waals surface area contributed by atoms with Gasteiger partial charge in [0.05, 0.1) is 6.26 Å². The van der Waals surface area contributed by atoms with Crippen molar-refractivity contribution in [3.63, 3.8) is 0 Å². The van der Waals surface area contributed by atoms with E-state index in [9.17, 15) is 0 Å². The molecular weight excluding hydrogens is 298 g/mol. The number of aromatic nitrogens is 1. The van der Waals surface area contributed by atoms with Gasteiger partial charge in [-0.2, -0.15) is 0 Å². The Morgan fingerprint density at radius 3 is 2.77 bits per heavy atom. The number of halogens is 2. The summed E-state index contributed by atoms with van der Waals surface area (Å²) in [5.74, 6) is 0.763. The summed E-state index contributed by atoms with van der Waals surface area (Å²) in [6.45, 7) is 0. The molecule has 0 bridgehead atoms. The normalized spacial score (nSPS) is 10.3. The largest absolute Gasteiger partial charge is 0.463 e. The Morgan fingerprint density at radius 2 is 2.15 bits per heavy atom. The Morgan fingerprint density at radius 1 is 1.31 bits per heavy atom. The molecule has 0 saturated heterocycles. The number of furan rings is 1. The van der Waals surface area contributed by atoms with Gasteiger partial charge in [-0.3, -0.25) is 4.98 Å². The Kier molecular flexibility index (Phi) is 2.51. The van der Waals surface area contributed by atoms with Crippen LogP contribution in [0.3, 0.4) is 0 Å². The van der Waals surface area contributed by atoms with Crippen LogP contribution in [0.4, 0.5) is 0 Å². The summed E-state index contributed by atoms with van der Waals surface area (Å²) in [7, 11) is 0. The van der Waals surface area contributed by atoms with Gasteiger partial charge >= 0.3 is 0 Å². The molecular formula is C9H5Br2NO. The van der Waals surface area contributed by atoms with Crippen molar-refractivity contribution in [1.29, 1.82) is 0 Å². The quantitative estimate of drug-likeness (QED) is 0.799. The van der Waals surface area contributed by atoms with Crippen LogP contribution in [0.25, 0.3) is 11.5 Å². The summed E-state index contributed by atoms with van der Waals surface area (Å²) in [4.78, 5) is 4.23. The fourth-order valence-electron chi connectivity index (χ4n) is 1.01. The minimum Gasteiger partial charge on any atom is -0.463 e. The number of pyridine rings is 1. The van der Waals surface area contributed by atoms with E-state index >= 15 is 0 Å². The van der Waals surface area contributed by atoms with Crippen LogP contribution >= 0.6 is 31.9 Å². The van der Waals surface area contributed by atoms with Gasteiger partial charge in [-0.1, -0.05) is 0 Å². The molecule has 66 valence electrons. The van der Waals surface area contributed by atoms with Gasteiger partial charge in [0.15, 0.2) is 5.76 Å². The second kappa shape index (κ2) is 3.64. The van der Waals surface area contributed by atoms with Gasteiger partial charge in [0.1, 0.15) is 5.69 Å². The van der Waals surface area contributed by atoms with Crippen LogP contribution in [0.2, 0.25) is 0 Å². The molecule has 0 atom stereocenters. The second-order valence-corrected chi connectivity index (χ2v) is 4.23. The van der Waals surface area contributed by atoms with Crippen LogP contribution in [0, 0.1) is 0 Å². The van der Waals surface area contributed by atoms with Crippen LogP contribution in [0.1, 0.15) is 0 Å². The molecule has 0 N–H and O–H groups in total. The van der Waals surface area contributed by atoms with Crippen molar-refractivity contribution in [3.05, 3.63) is 39.6 Å². The highest BCUT2D eigenvalue weighted by Gasteiger charge is 2.06. The third-order valence-electron chi connectivity index (χ3n) is 1.56. The second-order valence-electron chi connectivity index (χ2n) is 2.46. The van der Waals surface area contributed by atoms with Crippen molar-refractivity contribution in [3.8, 4) is 11.5 Å². The number of hydrogen-bond acceptors (Lipinski definition) is 2. The summed E-state index contributed by atoms with van der Waals surface area (Å²) in [6.07, 6.45) is 3.37. The maximum absolute atomic E-state index is 5.23. The van der Waals surface area contributed by atoms with Gasteiger partial charge in [0, 0.05) is 15.1 Å². The van der Waals surface area contributed by atoms with E-state index in [2.05, 4.69) is 36.8 Å². The minimum atomic E-state index is 0.763. The first-order valence-corrected chi connectivity index (χ1v) is 5.21. The first kappa shape index (κ1) is 8.97.